The van der Waals surface area contributed by atoms with Crippen molar-refractivity contribution in [2.24, 2.45) is 0 Å². The molecule has 0 spiro atoms. The second-order valence-electron chi connectivity index (χ2n) is 9.25. The smallest absolute Gasteiger partial charge is 0.224 e. The maximum Gasteiger partial charge on any atom is 0.224 e. The standard InChI is InChI=1S/C25H41N5/c1-21(2)10-8-11-22(3)14-19-29-16-9-12-23(20-29)27-25-26-15-13-24(28-25)30-17-6-4-5-7-18-30/h10,13-15,23H,4-9,11-12,16-20H2,1-3H3,(H,26,27,28). The van der Waals surface area contributed by atoms with Gasteiger partial charge in [-0.1, -0.05) is 36.1 Å². The van der Waals surface area contributed by atoms with E-state index in [1.807, 2.05) is 6.20 Å². The molecule has 1 aromatic rings. The Bertz CT molecular complexity index is 699. The highest BCUT2D eigenvalue weighted by Gasteiger charge is 2.20. The minimum Gasteiger partial charge on any atom is -0.356 e. The average Bonchev–Trinajstić information content (AvgIpc) is 3.02. The van der Waals surface area contributed by atoms with Crippen LogP contribution in [0.15, 0.2) is 35.6 Å². The Hall–Kier alpha value is -1.88. The molecule has 2 fully saturated rings. The van der Waals surface area contributed by atoms with Crippen molar-refractivity contribution in [2.45, 2.75) is 78.2 Å². The lowest BCUT2D eigenvalue weighted by molar-refractivity contribution is 0.236. The van der Waals surface area contributed by atoms with Crippen molar-refractivity contribution in [3.63, 3.8) is 0 Å². The molecule has 166 valence electrons. The maximum atomic E-state index is 4.85. The summed E-state index contributed by atoms with van der Waals surface area (Å²) in [6.45, 7) is 12.1. The Morgan fingerprint density at radius 3 is 2.63 bits per heavy atom. The molecular formula is C25H41N5. The summed E-state index contributed by atoms with van der Waals surface area (Å²) in [6, 6.07) is 2.49. The number of aromatic nitrogens is 2. The number of hydrogen-bond donors (Lipinski definition) is 1. The first kappa shape index (κ1) is 22.8. The van der Waals surface area contributed by atoms with E-state index in [1.54, 1.807) is 0 Å². The molecule has 1 atom stereocenters. The van der Waals surface area contributed by atoms with Crippen LogP contribution in [0.3, 0.4) is 0 Å². The topological polar surface area (TPSA) is 44.3 Å². The van der Waals surface area contributed by atoms with Crippen LogP contribution in [-0.4, -0.2) is 53.6 Å². The third kappa shape index (κ3) is 7.75. The quantitative estimate of drug-likeness (QED) is 0.578. The van der Waals surface area contributed by atoms with Gasteiger partial charge < -0.3 is 10.2 Å². The van der Waals surface area contributed by atoms with Gasteiger partial charge in [-0.05, 0) is 71.9 Å². The summed E-state index contributed by atoms with van der Waals surface area (Å²) in [6.07, 6.45) is 16.6. The van der Waals surface area contributed by atoms with Crippen molar-refractivity contribution < 1.29 is 0 Å². The molecule has 30 heavy (non-hydrogen) atoms. The minimum absolute atomic E-state index is 0.428. The number of rotatable bonds is 8. The van der Waals surface area contributed by atoms with Crippen molar-refractivity contribution in [1.82, 2.24) is 14.9 Å². The Morgan fingerprint density at radius 2 is 1.87 bits per heavy atom. The molecule has 3 heterocycles. The fourth-order valence-electron chi connectivity index (χ4n) is 4.39. The van der Waals surface area contributed by atoms with Crippen molar-refractivity contribution in [3.05, 3.63) is 35.6 Å². The minimum atomic E-state index is 0.428. The summed E-state index contributed by atoms with van der Waals surface area (Å²) >= 11 is 0. The van der Waals surface area contributed by atoms with Gasteiger partial charge >= 0.3 is 0 Å². The van der Waals surface area contributed by atoms with Crippen LogP contribution in [0.1, 0.15) is 72.1 Å². The lowest BCUT2D eigenvalue weighted by atomic mass is 10.1. The predicted molar refractivity (Wildman–Crippen MR) is 128 cm³/mol. The van der Waals surface area contributed by atoms with E-state index in [-0.39, 0.29) is 0 Å². The zero-order valence-corrected chi connectivity index (χ0v) is 19.4. The van der Waals surface area contributed by atoms with E-state index < -0.39 is 0 Å². The van der Waals surface area contributed by atoms with E-state index in [2.05, 4.69) is 59.1 Å². The molecule has 3 rings (SSSR count). The fraction of sp³-hybridized carbons (Fsp3) is 0.680. The summed E-state index contributed by atoms with van der Waals surface area (Å²) in [4.78, 5) is 14.3. The predicted octanol–water partition coefficient (Wildman–Crippen LogP) is 5.43. The molecule has 1 N–H and O–H groups in total. The lowest BCUT2D eigenvalue weighted by Crippen LogP contribution is -2.42. The Balaban J connectivity index is 1.50. The van der Waals surface area contributed by atoms with Crippen molar-refractivity contribution in [3.8, 4) is 0 Å². The lowest BCUT2D eigenvalue weighted by Gasteiger charge is -2.32. The van der Waals surface area contributed by atoms with Gasteiger partial charge in [0.05, 0.1) is 0 Å². The number of anilines is 2. The van der Waals surface area contributed by atoms with E-state index >= 15 is 0 Å². The normalized spacial score (nSPS) is 21.2. The summed E-state index contributed by atoms with van der Waals surface area (Å²) in [7, 11) is 0. The summed E-state index contributed by atoms with van der Waals surface area (Å²) in [5.74, 6) is 1.87. The van der Waals surface area contributed by atoms with E-state index in [0.717, 1.165) is 50.8 Å². The van der Waals surface area contributed by atoms with Gasteiger partial charge in [-0.2, -0.15) is 4.98 Å². The Kier molecular flexibility index (Phi) is 9.19. The molecule has 0 amide bonds. The highest BCUT2D eigenvalue weighted by molar-refractivity contribution is 5.43. The number of allylic oxidation sites excluding steroid dienone is 3. The summed E-state index contributed by atoms with van der Waals surface area (Å²) < 4.78 is 0. The van der Waals surface area contributed by atoms with Gasteiger partial charge in [-0.25, -0.2) is 4.98 Å². The molecule has 0 radical (unpaired) electrons. The molecule has 2 saturated heterocycles. The van der Waals surface area contributed by atoms with Crippen LogP contribution in [0.5, 0.6) is 0 Å². The van der Waals surface area contributed by atoms with Crippen molar-refractivity contribution in [2.75, 3.05) is 42.9 Å². The highest BCUT2D eigenvalue weighted by Crippen LogP contribution is 2.20. The highest BCUT2D eigenvalue weighted by atomic mass is 15.2. The van der Waals surface area contributed by atoms with Crippen LogP contribution < -0.4 is 10.2 Å². The number of nitrogens with zero attached hydrogens (tertiary/aromatic N) is 4. The van der Waals surface area contributed by atoms with Gasteiger partial charge in [0.25, 0.3) is 0 Å². The van der Waals surface area contributed by atoms with E-state index in [4.69, 9.17) is 4.98 Å². The number of likely N-dealkylation sites (tertiary alicyclic amines) is 1. The Morgan fingerprint density at radius 1 is 1.07 bits per heavy atom. The maximum absolute atomic E-state index is 4.85. The zero-order chi connectivity index (χ0) is 21.2. The molecule has 2 aliphatic heterocycles. The molecule has 5 nitrogen and oxygen atoms in total. The van der Waals surface area contributed by atoms with E-state index in [1.165, 1.54) is 56.2 Å². The van der Waals surface area contributed by atoms with Crippen LogP contribution in [-0.2, 0) is 0 Å². The number of nitrogens with one attached hydrogen (secondary N) is 1. The Labute approximate surface area is 183 Å². The van der Waals surface area contributed by atoms with Crippen LogP contribution in [0, 0.1) is 0 Å². The SMILES string of the molecule is CC(C)=CCCC(C)=CCN1CCCC(Nc2nccc(N3CCCCCC3)n2)C1. The first-order valence-corrected chi connectivity index (χ1v) is 12.0. The molecule has 0 aliphatic carbocycles. The number of piperidine rings is 1. The van der Waals surface area contributed by atoms with Crippen molar-refractivity contribution in [1.29, 1.82) is 0 Å². The largest absolute Gasteiger partial charge is 0.356 e. The molecule has 1 unspecified atom stereocenters. The molecule has 0 saturated carbocycles. The second kappa shape index (κ2) is 12.1. The fourth-order valence-corrected chi connectivity index (χ4v) is 4.39. The molecular weight excluding hydrogens is 370 g/mol. The molecule has 0 bridgehead atoms. The first-order chi connectivity index (χ1) is 14.6. The first-order valence-electron chi connectivity index (χ1n) is 12.0. The second-order valence-corrected chi connectivity index (χ2v) is 9.25. The van der Waals surface area contributed by atoms with Gasteiger partial charge in [0.15, 0.2) is 0 Å². The molecule has 2 aliphatic rings. The van der Waals surface area contributed by atoms with Crippen molar-refractivity contribution >= 4 is 11.8 Å². The van der Waals surface area contributed by atoms with Gasteiger partial charge in [0.2, 0.25) is 5.95 Å². The van der Waals surface area contributed by atoms with Crippen LogP contribution >= 0.6 is 0 Å². The van der Waals surface area contributed by atoms with Gasteiger partial charge in [0.1, 0.15) is 5.82 Å². The monoisotopic (exact) mass is 411 g/mol. The van der Waals surface area contributed by atoms with Crippen LogP contribution in [0.4, 0.5) is 11.8 Å². The van der Waals surface area contributed by atoms with E-state index in [0.29, 0.717) is 6.04 Å². The van der Waals surface area contributed by atoms with Crippen LogP contribution in [0.25, 0.3) is 0 Å². The van der Waals surface area contributed by atoms with Gasteiger partial charge in [-0.15, -0.1) is 0 Å². The average molecular weight is 412 g/mol. The molecule has 1 aromatic heterocycles. The summed E-state index contributed by atoms with van der Waals surface area (Å²) in [5, 5.41) is 3.62. The number of hydrogen-bond acceptors (Lipinski definition) is 5. The van der Waals surface area contributed by atoms with Gasteiger partial charge in [-0.3, -0.25) is 4.90 Å². The third-order valence-electron chi connectivity index (χ3n) is 6.20. The molecule has 0 aromatic carbocycles. The summed E-state index contributed by atoms with van der Waals surface area (Å²) in [5.41, 5.74) is 2.91. The third-order valence-corrected chi connectivity index (χ3v) is 6.20. The molecule has 5 heteroatoms. The van der Waals surface area contributed by atoms with E-state index in [9.17, 15) is 0 Å². The van der Waals surface area contributed by atoms with Gasteiger partial charge in [0, 0.05) is 38.4 Å². The van der Waals surface area contributed by atoms with Crippen LogP contribution in [0.2, 0.25) is 0 Å². The zero-order valence-electron chi connectivity index (χ0n) is 19.4.